The molecular formula is C12H15NO3. The minimum atomic E-state index is -0.883. The van der Waals surface area contributed by atoms with Gasteiger partial charge in [0.25, 0.3) is 0 Å². The Morgan fingerprint density at radius 1 is 1.06 bits per heavy atom. The Hall–Kier alpha value is -1.36. The minimum absolute atomic E-state index is 0.111. The molecule has 0 fully saturated rings. The summed E-state index contributed by atoms with van der Waals surface area (Å²) in [5.74, 6) is 0. The van der Waals surface area contributed by atoms with Gasteiger partial charge in [-0.25, -0.2) is 0 Å². The van der Waals surface area contributed by atoms with Crippen molar-refractivity contribution in [3.05, 3.63) is 35.9 Å². The third-order valence-electron chi connectivity index (χ3n) is 2.84. The normalized spacial score (nSPS) is 17.3. The molecule has 1 aliphatic rings. The Balaban J connectivity index is 2.50. The number of anilines is 1. The molecule has 0 aliphatic carbocycles. The number of hydrogen-bond acceptors (Lipinski definition) is 4. The smallest absolute Gasteiger partial charge is 0.103 e. The minimum Gasteiger partial charge on any atom is -0.394 e. The molecule has 0 spiro atoms. The van der Waals surface area contributed by atoms with E-state index in [1.165, 1.54) is 0 Å². The van der Waals surface area contributed by atoms with Gasteiger partial charge < -0.3 is 20.6 Å². The van der Waals surface area contributed by atoms with E-state index in [9.17, 15) is 15.3 Å². The highest BCUT2D eigenvalue weighted by Crippen LogP contribution is 2.33. The van der Waals surface area contributed by atoms with Crippen LogP contribution in [0.3, 0.4) is 0 Å². The van der Waals surface area contributed by atoms with Gasteiger partial charge in [-0.1, -0.05) is 18.2 Å². The lowest BCUT2D eigenvalue weighted by atomic mass is 9.89. The first-order valence-corrected chi connectivity index (χ1v) is 5.16. The van der Waals surface area contributed by atoms with E-state index in [1.54, 1.807) is 6.08 Å². The van der Waals surface area contributed by atoms with Crippen LogP contribution >= 0.6 is 0 Å². The van der Waals surface area contributed by atoms with Crippen molar-refractivity contribution in [2.24, 2.45) is 0 Å². The van der Waals surface area contributed by atoms with Crippen LogP contribution in [0.15, 0.2) is 30.3 Å². The Morgan fingerprint density at radius 2 is 1.75 bits per heavy atom. The lowest BCUT2D eigenvalue weighted by Crippen LogP contribution is -2.46. The fourth-order valence-electron chi connectivity index (χ4n) is 1.94. The summed E-state index contributed by atoms with van der Waals surface area (Å²) >= 11 is 0. The van der Waals surface area contributed by atoms with E-state index in [0.717, 1.165) is 16.8 Å². The maximum absolute atomic E-state index is 9.33. The van der Waals surface area contributed by atoms with Crippen molar-refractivity contribution >= 4 is 11.3 Å². The third-order valence-corrected chi connectivity index (χ3v) is 2.84. The van der Waals surface area contributed by atoms with Crippen LogP contribution in [0.2, 0.25) is 0 Å². The Bertz CT molecular complexity index is 410. The van der Waals surface area contributed by atoms with E-state index in [-0.39, 0.29) is 19.8 Å². The summed E-state index contributed by atoms with van der Waals surface area (Å²) in [6.45, 7) is -0.552. The van der Waals surface area contributed by atoms with Crippen molar-refractivity contribution in [1.29, 1.82) is 0 Å². The molecule has 4 heteroatoms. The van der Waals surface area contributed by atoms with Crippen molar-refractivity contribution in [3.63, 3.8) is 0 Å². The van der Waals surface area contributed by atoms with E-state index in [1.807, 2.05) is 24.3 Å². The van der Waals surface area contributed by atoms with E-state index in [0.29, 0.717) is 0 Å². The van der Waals surface area contributed by atoms with Crippen molar-refractivity contribution < 1.29 is 15.3 Å². The summed E-state index contributed by atoms with van der Waals surface area (Å²) in [5.41, 5.74) is 1.56. The zero-order chi connectivity index (χ0) is 11.6. The summed E-state index contributed by atoms with van der Waals surface area (Å²) in [7, 11) is 0. The molecule has 0 radical (unpaired) electrons. The average molecular weight is 221 g/mol. The Kier molecular flexibility index (Phi) is 2.96. The number of rotatable bonds is 3. The summed E-state index contributed by atoms with van der Waals surface area (Å²) < 4.78 is 0. The quantitative estimate of drug-likeness (QED) is 0.589. The molecule has 0 aromatic heterocycles. The molecule has 4 N–H and O–H groups in total. The van der Waals surface area contributed by atoms with E-state index in [4.69, 9.17) is 0 Å². The summed E-state index contributed by atoms with van der Waals surface area (Å²) in [5, 5.41) is 31.1. The Labute approximate surface area is 93.9 Å². The molecule has 1 aromatic carbocycles. The molecule has 86 valence electrons. The second kappa shape index (κ2) is 4.25. The Morgan fingerprint density at radius 3 is 2.38 bits per heavy atom. The summed E-state index contributed by atoms with van der Waals surface area (Å²) in [6, 6.07) is 7.50. The molecule has 1 aromatic rings. The van der Waals surface area contributed by atoms with E-state index in [2.05, 4.69) is 5.32 Å². The van der Waals surface area contributed by atoms with Crippen molar-refractivity contribution in [3.8, 4) is 0 Å². The van der Waals surface area contributed by atoms with Crippen molar-refractivity contribution in [2.75, 3.05) is 25.1 Å². The molecule has 2 rings (SSSR count). The lowest BCUT2D eigenvalue weighted by Gasteiger charge is -2.35. The van der Waals surface area contributed by atoms with E-state index >= 15 is 0 Å². The first kappa shape index (κ1) is 11.1. The number of aliphatic hydroxyl groups is 3. The number of fused-ring (bicyclic) bond motifs is 1. The number of nitrogens with one attached hydrogen (secondary N) is 1. The molecule has 0 saturated carbocycles. The fraction of sp³-hybridized carbons (Fsp3) is 0.333. The van der Waals surface area contributed by atoms with Crippen LogP contribution in [-0.2, 0) is 0 Å². The van der Waals surface area contributed by atoms with Crippen molar-refractivity contribution in [2.45, 2.75) is 5.54 Å². The number of hydrogen-bond donors (Lipinski definition) is 4. The van der Waals surface area contributed by atoms with Gasteiger partial charge in [-0.3, -0.25) is 0 Å². The predicted molar refractivity (Wildman–Crippen MR) is 62.0 cm³/mol. The molecule has 0 unspecified atom stereocenters. The molecule has 16 heavy (non-hydrogen) atoms. The second-order valence-electron chi connectivity index (χ2n) is 3.97. The van der Waals surface area contributed by atoms with Crippen LogP contribution in [0.25, 0.3) is 5.57 Å². The standard InChI is InChI=1S/C12H15NO3/c14-6-9-5-12(7-15,8-16)13-11-4-2-1-3-10(9)11/h1-5,13-16H,6-8H2. The molecule has 4 nitrogen and oxygen atoms in total. The second-order valence-corrected chi connectivity index (χ2v) is 3.97. The monoisotopic (exact) mass is 221 g/mol. The third kappa shape index (κ3) is 1.71. The van der Waals surface area contributed by atoms with Crippen molar-refractivity contribution in [1.82, 2.24) is 0 Å². The molecule has 0 bridgehead atoms. The molecule has 0 atom stereocenters. The number of para-hydroxylation sites is 1. The molecule has 1 aliphatic heterocycles. The average Bonchev–Trinajstić information content (AvgIpc) is 2.37. The first-order chi connectivity index (χ1) is 7.74. The van der Waals surface area contributed by atoms with Crippen LogP contribution < -0.4 is 5.32 Å². The van der Waals surface area contributed by atoms with Gasteiger partial charge in [0.05, 0.1) is 19.8 Å². The molecular weight excluding hydrogens is 206 g/mol. The maximum atomic E-state index is 9.33. The largest absolute Gasteiger partial charge is 0.394 e. The van der Waals surface area contributed by atoms with Crippen LogP contribution in [0.1, 0.15) is 5.56 Å². The van der Waals surface area contributed by atoms with Gasteiger partial charge in [0.15, 0.2) is 0 Å². The maximum Gasteiger partial charge on any atom is 0.103 e. The zero-order valence-corrected chi connectivity index (χ0v) is 8.85. The number of benzene rings is 1. The fourth-order valence-corrected chi connectivity index (χ4v) is 1.94. The highest BCUT2D eigenvalue weighted by atomic mass is 16.3. The topological polar surface area (TPSA) is 72.7 Å². The molecule has 0 amide bonds. The lowest BCUT2D eigenvalue weighted by molar-refractivity contribution is 0.164. The summed E-state index contributed by atoms with van der Waals surface area (Å²) in [4.78, 5) is 0. The van der Waals surface area contributed by atoms with Gasteiger partial charge in [-0.2, -0.15) is 0 Å². The van der Waals surface area contributed by atoms with Gasteiger partial charge in [0, 0.05) is 11.3 Å². The highest BCUT2D eigenvalue weighted by Gasteiger charge is 2.31. The molecule has 1 heterocycles. The van der Waals surface area contributed by atoms with Gasteiger partial charge in [0.2, 0.25) is 0 Å². The van der Waals surface area contributed by atoms with Crippen LogP contribution in [-0.4, -0.2) is 40.7 Å². The molecule has 0 saturated heterocycles. The highest BCUT2D eigenvalue weighted by molar-refractivity contribution is 5.81. The van der Waals surface area contributed by atoms with Gasteiger partial charge in [0.1, 0.15) is 5.54 Å². The predicted octanol–water partition coefficient (Wildman–Crippen LogP) is 0.211. The number of aliphatic hydroxyl groups excluding tert-OH is 3. The van der Waals surface area contributed by atoms with Crippen LogP contribution in [0, 0.1) is 0 Å². The summed E-state index contributed by atoms with van der Waals surface area (Å²) in [6.07, 6.45) is 1.69. The van der Waals surface area contributed by atoms with Gasteiger partial charge in [-0.05, 0) is 17.7 Å². The van der Waals surface area contributed by atoms with Crippen LogP contribution in [0.4, 0.5) is 5.69 Å². The van der Waals surface area contributed by atoms with Crippen LogP contribution in [0.5, 0.6) is 0 Å². The van der Waals surface area contributed by atoms with Gasteiger partial charge in [-0.15, -0.1) is 0 Å². The van der Waals surface area contributed by atoms with E-state index < -0.39 is 5.54 Å². The van der Waals surface area contributed by atoms with Gasteiger partial charge >= 0.3 is 0 Å². The zero-order valence-electron chi connectivity index (χ0n) is 8.85. The first-order valence-electron chi connectivity index (χ1n) is 5.16. The SMILES string of the molecule is OCC1=CC(CO)(CO)Nc2ccccc21.